The number of carbonyl (C=O) groups is 1. The monoisotopic (exact) mass is 317 g/mol. The predicted molar refractivity (Wildman–Crippen MR) is 80.4 cm³/mol. The average molecular weight is 317 g/mol. The van der Waals surface area contributed by atoms with Gasteiger partial charge in [-0.25, -0.2) is 4.79 Å². The molecule has 122 valence electrons. The van der Waals surface area contributed by atoms with Gasteiger partial charge in [-0.3, -0.25) is 4.90 Å². The van der Waals surface area contributed by atoms with Gasteiger partial charge in [0.2, 0.25) is 5.89 Å². The quantitative estimate of drug-likeness (QED) is 0.915. The maximum absolute atomic E-state index is 11.8. The Hall–Kier alpha value is -2.35. The molecule has 0 bridgehead atoms. The van der Waals surface area contributed by atoms with Crippen LogP contribution in [0.2, 0.25) is 0 Å². The Kier molecular flexibility index (Phi) is 3.74. The first kappa shape index (κ1) is 14.3. The van der Waals surface area contributed by atoms with Gasteiger partial charge in [0.05, 0.1) is 12.8 Å². The van der Waals surface area contributed by atoms with Crippen LogP contribution in [0, 0.1) is 0 Å². The van der Waals surface area contributed by atoms with Gasteiger partial charge in [0.1, 0.15) is 0 Å². The zero-order valence-corrected chi connectivity index (χ0v) is 12.8. The van der Waals surface area contributed by atoms with E-state index in [0.717, 1.165) is 39.0 Å². The van der Waals surface area contributed by atoms with E-state index in [1.54, 1.807) is 18.4 Å². The Morgan fingerprint density at radius 3 is 3.09 bits per heavy atom. The fourth-order valence-corrected chi connectivity index (χ4v) is 3.27. The number of urea groups is 1. The molecule has 2 aromatic heterocycles. The molecule has 2 aromatic rings. The summed E-state index contributed by atoms with van der Waals surface area (Å²) in [4.78, 5) is 16.0. The van der Waals surface area contributed by atoms with Crippen LogP contribution in [0.15, 0.2) is 27.2 Å². The summed E-state index contributed by atoms with van der Waals surface area (Å²) in [5, 5.41) is 11.0. The lowest BCUT2D eigenvalue weighted by Gasteiger charge is -2.36. The Morgan fingerprint density at radius 1 is 1.35 bits per heavy atom. The van der Waals surface area contributed by atoms with Gasteiger partial charge in [-0.2, -0.15) is 0 Å². The van der Waals surface area contributed by atoms with Crippen LogP contribution >= 0.6 is 0 Å². The molecule has 8 heteroatoms. The minimum absolute atomic E-state index is 0.0507. The van der Waals surface area contributed by atoms with Crippen molar-refractivity contribution in [3.63, 3.8) is 0 Å². The SMILES string of the molecule is O=C1NCCN1C1CCCN(Cc2nnc(-c3ccco3)o2)C1. The summed E-state index contributed by atoms with van der Waals surface area (Å²) < 4.78 is 10.9. The second kappa shape index (κ2) is 6.04. The molecule has 4 rings (SSSR count). The second-order valence-corrected chi connectivity index (χ2v) is 5.93. The molecule has 8 nitrogen and oxygen atoms in total. The van der Waals surface area contributed by atoms with E-state index < -0.39 is 0 Å². The van der Waals surface area contributed by atoms with E-state index >= 15 is 0 Å². The summed E-state index contributed by atoms with van der Waals surface area (Å²) in [6, 6.07) is 3.89. The molecule has 0 spiro atoms. The van der Waals surface area contributed by atoms with Gasteiger partial charge >= 0.3 is 6.03 Å². The number of furan rings is 1. The maximum Gasteiger partial charge on any atom is 0.317 e. The van der Waals surface area contributed by atoms with Gasteiger partial charge in [0, 0.05) is 25.7 Å². The molecule has 2 saturated heterocycles. The number of carbonyl (C=O) groups excluding carboxylic acids is 1. The van der Waals surface area contributed by atoms with Gasteiger partial charge in [-0.15, -0.1) is 10.2 Å². The summed E-state index contributed by atoms with van der Waals surface area (Å²) in [5.74, 6) is 1.55. The summed E-state index contributed by atoms with van der Waals surface area (Å²) in [5.41, 5.74) is 0. The zero-order chi connectivity index (χ0) is 15.6. The number of nitrogens with one attached hydrogen (secondary N) is 1. The van der Waals surface area contributed by atoms with Crippen molar-refractivity contribution in [1.82, 2.24) is 25.3 Å². The summed E-state index contributed by atoms with van der Waals surface area (Å²) in [6.07, 6.45) is 3.69. The average Bonchev–Trinajstić information content (AvgIpc) is 3.28. The van der Waals surface area contributed by atoms with Gasteiger partial charge in [-0.05, 0) is 31.5 Å². The molecular formula is C15H19N5O3. The molecule has 0 saturated carbocycles. The van der Waals surface area contributed by atoms with Gasteiger partial charge in [-0.1, -0.05) is 0 Å². The molecule has 0 aliphatic carbocycles. The molecule has 2 fully saturated rings. The van der Waals surface area contributed by atoms with E-state index in [9.17, 15) is 4.79 Å². The van der Waals surface area contributed by atoms with Crippen molar-refractivity contribution in [1.29, 1.82) is 0 Å². The maximum atomic E-state index is 11.8. The molecule has 1 N–H and O–H groups in total. The number of likely N-dealkylation sites (tertiary alicyclic amines) is 1. The van der Waals surface area contributed by atoms with E-state index in [-0.39, 0.29) is 12.1 Å². The Labute approximate surface area is 133 Å². The highest BCUT2D eigenvalue weighted by molar-refractivity contribution is 5.76. The Morgan fingerprint density at radius 2 is 2.30 bits per heavy atom. The van der Waals surface area contributed by atoms with Crippen molar-refractivity contribution < 1.29 is 13.6 Å². The molecule has 4 heterocycles. The number of hydrogen-bond donors (Lipinski definition) is 1. The fraction of sp³-hybridized carbons (Fsp3) is 0.533. The fourth-order valence-electron chi connectivity index (χ4n) is 3.27. The van der Waals surface area contributed by atoms with Crippen LogP contribution in [0.25, 0.3) is 11.7 Å². The lowest BCUT2D eigenvalue weighted by molar-refractivity contribution is 0.115. The molecular weight excluding hydrogens is 298 g/mol. The minimum atomic E-state index is 0.0507. The topological polar surface area (TPSA) is 87.6 Å². The normalized spacial score (nSPS) is 22.5. The number of amides is 2. The van der Waals surface area contributed by atoms with Crippen LogP contribution in [0.1, 0.15) is 18.7 Å². The number of nitrogens with zero attached hydrogens (tertiary/aromatic N) is 4. The highest BCUT2D eigenvalue weighted by Gasteiger charge is 2.31. The molecule has 1 unspecified atom stereocenters. The Balaban J connectivity index is 1.39. The lowest BCUT2D eigenvalue weighted by atomic mass is 10.0. The predicted octanol–water partition coefficient (Wildman–Crippen LogP) is 1.32. The molecule has 2 aliphatic rings. The highest BCUT2D eigenvalue weighted by Crippen LogP contribution is 2.21. The van der Waals surface area contributed by atoms with Gasteiger partial charge in [0.25, 0.3) is 5.89 Å². The third-order valence-electron chi connectivity index (χ3n) is 4.37. The smallest absolute Gasteiger partial charge is 0.317 e. The van der Waals surface area contributed by atoms with Crippen molar-refractivity contribution in [3.8, 4) is 11.7 Å². The standard InChI is InChI=1S/C15H19N5O3/c21-15-16-5-7-20(15)11-3-1-6-19(9-11)10-13-17-18-14(23-13)12-4-2-8-22-12/h2,4,8,11H,1,3,5-7,9-10H2,(H,16,21). The number of hydrogen-bond acceptors (Lipinski definition) is 6. The van der Waals surface area contributed by atoms with E-state index in [2.05, 4.69) is 20.4 Å². The number of piperidine rings is 1. The molecule has 1 atom stereocenters. The summed E-state index contributed by atoms with van der Waals surface area (Å²) in [7, 11) is 0. The summed E-state index contributed by atoms with van der Waals surface area (Å²) in [6.45, 7) is 3.95. The number of aromatic nitrogens is 2. The van der Waals surface area contributed by atoms with Crippen LogP contribution < -0.4 is 5.32 Å². The van der Waals surface area contributed by atoms with Gasteiger partial charge in [0.15, 0.2) is 5.76 Å². The van der Waals surface area contributed by atoms with Crippen LogP contribution in [-0.4, -0.2) is 58.2 Å². The lowest BCUT2D eigenvalue weighted by Crippen LogP contribution is -2.48. The minimum Gasteiger partial charge on any atom is -0.459 e. The van der Waals surface area contributed by atoms with Crippen LogP contribution in [0.4, 0.5) is 4.79 Å². The summed E-state index contributed by atoms with van der Waals surface area (Å²) >= 11 is 0. The highest BCUT2D eigenvalue weighted by atomic mass is 16.4. The van der Waals surface area contributed by atoms with Crippen LogP contribution in [-0.2, 0) is 6.54 Å². The van der Waals surface area contributed by atoms with E-state index in [1.165, 1.54) is 0 Å². The van der Waals surface area contributed by atoms with E-state index in [1.807, 2.05) is 4.90 Å². The van der Waals surface area contributed by atoms with Crippen molar-refractivity contribution in [2.45, 2.75) is 25.4 Å². The third-order valence-corrected chi connectivity index (χ3v) is 4.37. The van der Waals surface area contributed by atoms with Crippen LogP contribution in [0.3, 0.4) is 0 Å². The number of rotatable bonds is 4. The van der Waals surface area contributed by atoms with E-state index in [4.69, 9.17) is 8.83 Å². The van der Waals surface area contributed by atoms with E-state index in [0.29, 0.717) is 24.1 Å². The Bertz CT molecular complexity index is 668. The first-order valence-corrected chi connectivity index (χ1v) is 7.93. The molecule has 2 aliphatic heterocycles. The molecule has 2 amide bonds. The van der Waals surface area contributed by atoms with Gasteiger partial charge < -0.3 is 19.1 Å². The molecule has 0 aromatic carbocycles. The molecule has 0 radical (unpaired) electrons. The largest absolute Gasteiger partial charge is 0.459 e. The first-order valence-electron chi connectivity index (χ1n) is 7.93. The van der Waals surface area contributed by atoms with Crippen LogP contribution in [0.5, 0.6) is 0 Å². The zero-order valence-electron chi connectivity index (χ0n) is 12.8. The first-order chi connectivity index (χ1) is 11.3. The van der Waals surface area contributed by atoms with Crippen molar-refractivity contribution in [2.24, 2.45) is 0 Å². The third kappa shape index (κ3) is 2.94. The van der Waals surface area contributed by atoms with Crippen molar-refractivity contribution in [2.75, 3.05) is 26.2 Å². The second-order valence-electron chi connectivity index (χ2n) is 5.93. The van der Waals surface area contributed by atoms with Crippen molar-refractivity contribution >= 4 is 6.03 Å². The molecule has 23 heavy (non-hydrogen) atoms. The van der Waals surface area contributed by atoms with Crippen molar-refractivity contribution in [3.05, 3.63) is 24.3 Å².